The summed E-state index contributed by atoms with van der Waals surface area (Å²) in [5, 5.41) is 7.99. The van der Waals surface area contributed by atoms with Gasteiger partial charge in [-0.2, -0.15) is 0 Å². The van der Waals surface area contributed by atoms with E-state index in [2.05, 4.69) is 20.1 Å². The fraction of sp³-hybridized carbons (Fsp3) is 0.286. The molecule has 1 N–H and O–H groups in total. The van der Waals surface area contributed by atoms with E-state index in [1.165, 1.54) is 24.3 Å². The molecule has 2 aromatic carbocycles. The van der Waals surface area contributed by atoms with Crippen molar-refractivity contribution in [3.63, 3.8) is 0 Å². The van der Waals surface area contributed by atoms with Crippen LogP contribution in [0, 0.1) is 18.6 Å². The van der Waals surface area contributed by atoms with Gasteiger partial charge < -0.3 is 4.90 Å². The summed E-state index contributed by atoms with van der Waals surface area (Å²) >= 11 is 0. The number of benzene rings is 2. The summed E-state index contributed by atoms with van der Waals surface area (Å²) in [6.45, 7) is 4.29. The number of hydrogen-bond acceptors (Lipinski definition) is 5. The number of nitrogens with zero attached hydrogens (tertiary/aromatic N) is 4. The van der Waals surface area contributed by atoms with Gasteiger partial charge in [0.05, 0.1) is 6.04 Å². The van der Waals surface area contributed by atoms with Crippen LogP contribution < -0.4 is 10.5 Å². The van der Waals surface area contributed by atoms with E-state index in [0.29, 0.717) is 37.8 Å². The molecule has 2 heterocycles. The van der Waals surface area contributed by atoms with Crippen molar-refractivity contribution in [1.82, 2.24) is 20.1 Å². The highest BCUT2D eigenvalue weighted by atomic mass is 19.1. The van der Waals surface area contributed by atoms with E-state index in [1.807, 2.05) is 4.90 Å². The molecule has 0 unspecified atom stereocenters. The van der Waals surface area contributed by atoms with E-state index < -0.39 is 0 Å². The second-order valence-electron chi connectivity index (χ2n) is 7.09. The molecule has 4 rings (SSSR count). The van der Waals surface area contributed by atoms with Crippen LogP contribution in [0.4, 0.5) is 14.7 Å². The predicted molar refractivity (Wildman–Crippen MR) is 106 cm³/mol. The topological polar surface area (TPSA) is 65.1 Å². The maximum absolute atomic E-state index is 13.4. The van der Waals surface area contributed by atoms with Gasteiger partial charge >= 0.3 is 0 Å². The van der Waals surface area contributed by atoms with Crippen LogP contribution in [0.25, 0.3) is 0 Å². The smallest absolute Gasteiger partial charge is 0.273 e. The van der Waals surface area contributed by atoms with E-state index in [-0.39, 0.29) is 23.2 Å². The molecule has 1 aromatic heterocycles. The van der Waals surface area contributed by atoms with Gasteiger partial charge in [0.1, 0.15) is 17.3 Å². The van der Waals surface area contributed by atoms with Gasteiger partial charge in [0.15, 0.2) is 0 Å². The van der Waals surface area contributed by atoms with E-state index in [9.17, 15) is 13.6 Å². The van der Waals surface area contributed by atoms with Crippen LogP contribution in [-0.4, -0.2) is 46.3 Å². The molecule has 1 fully saturated rings. The maximum Gasteiger partial charge on any atom is 0.273 e. The number of aryl methyl sites for hydroxylation is 1. The van der Waals surface area contributed by atoms with Crippen LogP contribution in [0.2, 0.25) is 0 Å². The summed E-state index contributed by atoms with van der Waals surface area (Å²) in [7, 11) is 0. The molecule has 0 aliphatic carbocycles. The van der Waals surface area contributed by atoms with Gasteiger partial charge in [-0.05, 0) is 42.3 Å². The Kier molecular flexibility index (Phi) is 5.35. The monoisotopic (exact) mass is 397 g/mol. The fourth-order valence-corrected chi connectivity index (χ4v) is 3.62. The van der Waals surface area contributed by atoms with Crippen molar-refractivity contribution in [3.05, 3.63) is 87.3 Å². The molecular formula is C21H21F2N5O. The van der Waals surface area contributed by atoms with Crippen LogP contribution in [0.1, 0.15) is 22.9 Å². The minimum absolute atomic E-state index is 0.124. The third-order valence-electron chi connectivity index (χ3n) is 5.20. The highest BCUT2D eigenvalue weighted by Crippen LogP contribution is 2.30. The van der Waals surface area contributed by atoms with Crippen LogP contribution >= 0.6 is 0 Å². The molecule has 8 heteroatoms. The lowest BCUT2D eigenvalue weighted by Gasteiger charge is -2.39. The van der Waals surface area contributed by atoms with E-state index >= 15 is 0 Å². The second kappa shape index (κ2) is 8.08. The maximum atomic E-state index is 13.4. The third-order valence-corrected chi connectivity index (χ3v) is 5.20. The van der Waals surface area contributed by atoms with Crippen molar-refractivity contribution in [3.8, 4) is 0 Å². The predicted octanol–water partition coefficient (Wildman–Crippen LogP) is 2.66. The molecule has 0 saturated carbocycles. The first kappa shape index (κ1) is 19.2. The highest BCUT2D eigenvalue weighted by Gasteiger charge is 2.27. The van der Waals surface area contributed by atoms with Crippen molar-refractivity contribution < 1.29 is 8.78 Å². The number of piperazine rings is 1. The Labute approximate surface area is 166 Å². The van der Waals surface area contributed by atoms with Crippen LogP contribution in [-0.2, 0) is 0 Å². The Morgan fingerprint density at radius 2 is 1.38 bits per heavy atom. The molecule has 0 spiro atoms. The molecule has 0 amide bonds. The minimum Gasteiger partial charge on any atom is -0.338 e. The largest absolute Gasteiger partial charge is 0.338 e. The highest BCUT2D eigenvalue weighted by molar-refractivity contribution is 5.34. The van der Waals surface area contributed by atoms with Gasteiger partial charge in [0.25, 0.3) is 5.56 Å². The number of H-pyrrole nitrogens is 1. The summed E-state index contributed by atoms with van der Waals surface area (Å²) in [4.78, 5) is 18.8. The summed E-state index contributed by atoms with van der Waals surface area (Å²) in [6, 6.07) is 12.7. The van der Waals surface area contributed by atoms with E-state index in [4.69, 9.17) is 0 Å². The lowest BCUT2D eigenvalue weighted by molar-refractivity contribution is 0.211. The Hall–Kier alpha value is -3.13. The van der Waals surface area contributed by atoms with Crippen molar-refractivity contribution in [2.45, 2.75) is 13.0 Å². The first-order chi connectivity index (χ1) is 14.0. The molecule has 29 heavy (non-hydrogen) atoms. The zero-order valence-corrected chi connectivity index (χ0v) is 16.0. The summed E-state index contributed by atoms with van der Waals surface area (Å²) in [5.74, 6) is -0.128. The average molecular weight is 397 g/mol. The second-order valence-corrected chi connectivity index (χ2v) is 7.09. The van der Waals surface area contributed by atoms with E-state index in [1.54, 1.807) is 31.2 Å². The fourth-order valence-electron chi connectivity index (χ4n) is 3.62. The molecule has 150 valence electrons. The quantitative estimate of drug-likeness (QED) is 0.733. The molecule has 3 aromatic rings. The molecule has 1 aliphatic heterocycles. The van der Waals surface area contributed by atoms with Gasteiger partial charge in [-0.15, -0.1) is 10.2 Å². The Morgan fingerprint density at radius 1 is 0.862 bits per heavy atom. The zero-order chi connectivity index (χ0) is 20.4. The lowest BCUT2D eigenvalue weighted by Crippen LogP contribution is -2.48. The Balaban J connectivity index is 1.57. The van der Waals surface area contributed by atoms with Gasteiger partial charge in [-0.25, -0.2) is 8.78 Å². The standard InChI is InChI=1S/C21H21F2N5O/c1-14-20(29)24-21(26-25-14)28-12-10-27(11-13-28)19(15-2-6-17(22)7-3-15)16-4-8-18(23)9-5-16/h2-9,19H,10-13H2,1H3,(H,24,26,29). The number of hydrogen-bond donors (Lipinski definition) is 1. The number of halogens is 2. The van der Waals surface area contributed by atoms with Crippen molar-refractivity contribution >= 4 is 5.95 Å². The lowest BCUT2D eigenvalue weighted by atomic mass is 9.96. The van der Waals surface area contributed by atoms with Crippen LogP contribution in [0.3, 0.4) is 0 Å². The van der Waals surface area contributed by atoms with Gasteiger partial charge in [-0.1, -0.05) is 24.3 Å². The minimum atomic E-state index is -0.293. The normalized spacial score (nSPS) is 15.1. The molecular weight excluding hydrogens is 376 g/mol. The van der Waals surface area contributed by atoms with Gasteiger partial charge in [-0.3, -0.25) is 14.7 Å². The molecule has 0 radical (unpaired) electrons. The van der Waals surface area contributed by atoms with Crippen molar-refractivity contribution in [2.24, 2.45) is 0 Å². The van der Waals surface area contributed by atoms with E-state index in [0.717, 1.165) is 11.1 Å². The number of rotatable bonds is 4. The number of aromatic nitrogens is 3. The van der Waals surface area contributed by atoms with Crippen LogP contribution in [0.15, 0.2) is 53.3 Å². The Bertz CT molecular complexity index is 983. The van der Waals surface area contributed by atoms with Gasteiger partial charge in [0, 0.05) is 26.2 Å². The zero-order valence-electron chi connectivity index (χ0n) is 16.0. The number of anilines is 1. The average Bonchev–Trinajstić information content (AvgIpc) is 2.73. The SMILES string of the molecule is Cc1nnc(N2CCN(C(c3ccc(F)cc3)c3ccc(F)cc3)CC2)[nH]c1=O. The molecule has 6 nitrogen and oxygen atoms in total. The first-order valence-electron chi connectivity index (χ1n) is 9.45. The molecule has 1 aliphatic rings. The van der Waals surface area contributed by atoms with Crippen molar-refractivity contribution in [1.29, 1.82) is 0 Å². The van der Waals surface area contributed by atoms with Crippen LogP contribution in [0.5, 0.6) is 0 Å². The summed E-state index contributed by atoms with van der Waals surface area (Å²) in [5.41, 5.74) is 1.97. The Morgan fingerprint density at radius 3 is 1.86 bits per heavy atom. The molecule has 1 saturated heterocycles. The number of nitrogens with one attached hydrogen (secondary N) is 1. The first-order valence-corrected chi connectivity index (χ1v) is 9.45. The molecule has 0 atom stereocenters. The third kappa shape index (κ3) is 4.17. The summed E-state index contributed by atoms with van der Waals surface area (Å²) in [6.07, 6.45) is 0. The molecule has 0 bridgehead atoms. The number of aromatic amines is 1. The summed E-state index contributed by atoms with van der Waals surface area (Å²) < 4.78 is 26.9. The van der Waals surface area contributed by atoms with Crippen molar-refractivity contribution in [2.75, 3.05) is 31.1 Å². The van der Waals surface area contributed by atoms with Gasteiger partial charge in [0.2, 0.25) is 5.95 Å².